The van der Waals surface area contributed by atoms with Gasteiger partial charge in [-0.3, -0.25) is 14.8 Å². The van der Waals surface area contributed by atoms with Gasteiger partial charge in [0.15, 0.2) is 5.76 Å². The number of amides is 1. The minimum Gasteiger partial charge on any atom is -0.439 e. The quantitative estimate of drug-likeness (QED) is 0.305. The first-order valence-corrected chi connectivity index (χ1v) is 12.7. The fraction of sp³-hybridized carbons (Fsp3) is 0.160. The Morgan fingerprint density at radius 3 is 2.11 bits per heavy atom. The van der Waals surface area contributed by atoms with Gasteiger partial charge in [-0.1, -0.05) is 54.6 Å². The van der Waals surface area contributed by atoms with E-state index in [2.05, 4.69) is 9.97 Å². The molecule has 2 heterocycles. The van der Waals surface area contributed by atoms with Crippen LogP contribution in [-0.4, -0.2) is 40.0 Å². The van der Waals surface area contributed by atoms with Crippen LogP contribution in [0.4, 0.5) is 13.2 Å². The van der Waals surface area contributed by atoms with E-state index in [9.17, 15) is 26.4 Å². The average molecular weight is 531 g/mol. The van der Waals surface area contributed by atoms with Crippen LogP contribution in [0.1, 0.15) is 27.5 Å². The maximum atomic E-state index is 13.4. The number of sulfonamides is 1. The van der Waals surface area contributed by atoms with Gasteiger partial charge in [0.05, 0.1) is 19.0 Å². The molecular formula is C25H21F3N4O4S. The predicted octanol–water partition coefficient (Wildman–Crippen LogP) is 4.77. The minimum absolute atomic E-state index is 0.0145. The summed E-state index contributed by atoms with van der Waals surface area (Å²) in [7, 11) is -4.08. The first-order chi connectivity index (χ1) is 17.5. The number of benzene rings is 2. The standard InChI is InChI=1S/C25H21F3N4O4S/c1-37(34,35)32(17-23-30-15-21(36-23)19-8-4-2-5-9-19)31(24(33)20-10-6-3-7-11-20)16-18-12-13-22(29-14-18)25(26,27)28/h2-15H,16-17H2,1H3. The summed E-state index contributed by atoms with van der Waals surface area (Å²) in [6.45, 7) is -0.809. The molecule has 0 N–H and O–H groups in total. The fourth-order valence-corrected chi connectivity index (χ4v) is 4.29. The third-order valence-corrected chi connectivity index (χ3v) is 6.33. The van der Waals surface area contributed by atoms with Crippen LogP contribution < -0.4 is 0 Å². The molecule has 192 valence electrons. The van der Waals surface area contributed by atoms with E-state index in [1.807, 2.05) is 6.07 Å². The Balaban J connectivity index is 1.69. The molecule has 2 aromatic carbocycles. The molecule has 0 fully saturated rings. The Hall–Kier alpha value is -4.03. The molecule has 4 rings (SSSR count). The van der Waals surface area contributed by atoms with E-state index in [1.54, 1.807) is 42.5 Å². The van der Waals surface area contributed by atoms with Crippen molar-refractivity contribution in [3.05, 3.63) is 108 Å². The van der Waals surface area contributed by atoms with Crippen LogP contribution in [0.25, 0.3) is 11.3 Å². The van der Waals surface area contributed by atoms with Crippen LogP contribution in [0.3, 0.4) is 0 Å². The number of hydrogen-bond acceptors (Lipinski definition) is 6. The third-order valence-electron chi connectivity index (χ3n) is 5.24. The Labute approximate surface area is 211 Å². The van der Waals surface area contributed by atoms with E-state index in [0.717, 1.165) is 39.6 Å². The minimum atomic E-state index is -4.64. The molecular weight excluding hydrogens is 509 g/mol. The van der Waals surface area contributed by atoms with Gasteiger partial charge in [0.1, 0.15) is 12.2 Å². The van der Waals surface area contributed by atoms with Crippen molar-refractivity contribution in [1.82, 2.24) is 19.4 Å². The van der Waals surface area contributed by atoms with E-state index in [1.165, 1.54) is 18.3 Å². The van der Waals surface area contributed by atoms with E-state index < -0.39 is 34.3 Å². The predicted molar refractivity (Wildman–Crippen MR) is 128 cm³/mol. The smallest absolute Gasteiger partial charge is 0.433 e. The summed E-state index contributed by atoms with van der Waals surface area (Å²) in [6, 6.07) is 18.8. The number of halogens is 3. The summed E-state index contributed by atoms with van der Waals surface area (Å²) in [5, 5.41) is 0.918. The lowest BCUT2D eigenvalue weighted by Gasteiger charge is -2.32. The van der Waals surface area contributed by atoms with E-state index in [4.69, 9.17) is 4.42 Å². The highest BCUT2D eigenvalue weighted by molar-refractivity contribution is 7.88. The molecule has 0 unspecified atom stereocenters. The van der Waals surface area contributed by atoms with Gasteiger partial charge < -0.3 is 4.42 Å². The maximum Gasteiger partial charge on any atom is 0.433 e. The number of rotatable bonds is 8. The monoisotopic (exact) mass is 530 g/mol. The van der Waals surface area contributed by atoms with Crippen molar-refractivity contribution in [2.75, 3.05) is 6.26 Å². The van der Waals surface area contributed by atoms with Gasteiger partial charge in [0.2, 0.25) is 15.9 Å². The molecule has 8 nitrogen and oxygen atoms in total. The highest BCUT2D eigenvalue weighted by Crippen LogP contribution is 2.28. The highest BCUT2D eigenvalue weighted by atomic mass is 32.2. The number of hydrazine groups is 1. The van der Waals surface area contributed by atoms with Crippen molar-refractivity contribution < 1.29 is 30.8 Å². The number of pyridine rings is 1. The normalized spacial score (nSPS) is 12.0. The van der Waals surface area contributed by atoms with Crippen LogP contribution in [0, 0.1) is 0 Å². The molecule has 0 aliphatic rings. The van der Waals surface area contributed by atoms with Crippen molar-refractivity contribution in [2.45, 2.75) is 19.3 Å². The van der Waals surface area contributed by atoms with Gasteiger partial charge >= 0.3 is 6.18 Å². The van der Waals surface area contributed by atoms with Gasteiger partial charge in [0.25, 0.3) is 5.91 Å². The van der Waals surface area contributed by atoms with Crippen molar-refractivity contribution >= 4 is 15.9 Å². The summed E-state index contributed by atoms with van der Waals surface area (Å²) in [5.74, 6) is -0.279. The summed E-state index contributed by atoms with van der Waals surface area (Å²) in [5.41, 5.74) is -0.0257. The second-order valence-electron chi connectivity index (χ2n) is 8.01. The SMILES string of the molecule is CS(=O)(=O)N(Cc1ncc(-c2ccccc2)o1)N(Cc1ccc(C(F)(F)F)nc1)C(=O)c1ccccc1. The Morgan fingerprint density at radius 1 is 0.892 bits per heavy atom. The molecule has 0 spiro atoms. The summed E-state index contributed by atoms with van der Waals surface area (Å²) >= 11 is 0. The second-order valence-corrected chi connectivity index (χ2v) is 9.89. The second kappa shape index (κ2) is 10.5. The molecule has 37 heavy (non-hydrogen) atoms. The highest BCUT2D eigenvalue weighted by Gasteiger charge is 2.34. The zero-order chi connectivity index (χ0) is 26.6. The molecule has 1 amide bonds. The van der Waals surface area contributed by atoms with E-state index in [0.29, 0.717) is 5.76 Å². The zero-order valence-corrected chi connectivity index (χ0v) is 20.3. The molecule has 0 aliphatic carbocycles. The van der Waals surface area contributed by atoms with Gasteiger partial charge in [-0.2, -0.15) is 13.2 Å². The van der Waals surface area contributed by atoms with Gasteiger partial charge in [-0.05, 0) is 23.8 Å². The van der Waals surface area contributed by atoms with Crippen LogP contribution in [-0.2, 0) is 29.3 Å². The molecule has 0 radical (unpaired) electrons. The number of alkyl halides is 3. The molecule has 12 heteroatoms. The number of oxazole rings is 1. The maximum absolute atomic E-state index is 13.4. The van der Waals surface area contributed by atoms with Crippen LogP contribution in [0.5, 0.6) is 0 Å². The molecule has 0 aliphatic heterocycles. The Kier molecular flexibility index (Phi) is 7.41. The number of aromatic nitrogens is 2. The van der Waals surface area contributed by atoms with Gasteiger partial charge in [-0.25, -0.2) is 13.4 Å². The number of hydrogen-bond donors (Lipinski definition) is 0. The fourth-order valence-electron chi connectivity index (χ4n) is 3.46. The molecule has 0 atom stereocenters. The largest absolute Gasteiger partial charge is 0.439 e. The van der Waals surface area contributed by atoms with Crippen molar-refractivity contribution in [2.24, 2.45) is 0 Å². The lowest BCUT2D eigenvalue weighted by molar-refractivity contribution is -0.141. The molecule has 0 saturated heterocycles. The summed E-state index contributed by atoms with van der Waals surface area (Å²) < 4.78 is 71.1. The third kappa shape index (κ3) is 6.40. The van der Waals surface area contributed by atoms with Gasteiger partial charge in [-0.15, -0.1) is 4.41 Å². The van der Waals surface area contributed by atoms with Gasteiger partial charge in [0, 0.05) is 17.3 Å². The summed E-state index contributed by atoms with van der Waals surface area (Å²) in [6.07, 6.45) is -1.34. The first kappa shape index (κ1) is 26.0. The van der Waals surface area contributed by atoms with Crippen LogP contribution in [0.15, 0.2) is 89.6 Å². The molecule has 0 bridgehead atoms. The lowest BCUT2D eigenvalue weighted by atomic mass is 10.2. The lowest BCUT2D eigenvalue weighted by Crippen LogP contribution is -2.48. The van der Waals surface area contributed by atoms with Crippen LogP contribution in [0.2, 0.25) is 0 Å². The molecule has 4 aromatic rings. The van der Waals surface area contributed by atoms with E-state index >= 15 is 0 Å². The summed E-state index contributed by atoms with van der Waals surface area (Å²) in [4.78, 5) is 21.0. The van der Waals surface area contributed by atoms with E-state index in [-0.39, 0.29) is 23.6 Å². The number of nitrogens with zero attached hydrogens (tertiary/aromatic N) is 4. The Morgan fingerprint density at radius 2 is 1.54 bits per heavy atom. The Bertz CT molecular complexity index is 1460. The van der Waals surface area contributed by atoms with Crippen molar-refractivity contribution in [3.63, 3.8) is 0 Å². The first-order valence-electron chi connectivity index (χ1n) is 10.9. The van der Waals surface area contributed by atoms with Crippen molar-refractivity contribution in [1.29, 1.82) is 0 Å². The topological polar surface area (TPSA) is 96.6 Å². The molecule has 0 saturated carbocycles. The number of carbonyl (C=O) groups is 1. The zero-order valence-electron chi connectivity index (χ0n) is 19.5. The van der Waals surface area contributed by atoms with Crippen LogP contribution >= 0.6 is 0 Å². The average Bonchev–Trinajstić information content (AvgIpc) is 3.35. The molecule has 2 aromatic heterocycles. The number of carbonyl (C=O) groups excluding carboxylic acids is 1. The van der Waals surface area contributed by atoms with Crippen molar-refractivity contribution in [3.8, 4) is 11.3 Å².